The molecule has 2 aromatic heterocycles. The van der Waals surface area contributed by atoms with Gasteiger partial charge in [-0.15, -0.1) is 0 Å². The van der Waals surface area contributed by atoms with Crippen LogP contribution in [-0.4, -0.2) is 14.8 Å². The van der Waals surface area contributed by atoms with Crippen molar-refractivity contribution in [1.29, 1.82) is 0 Å². The van der Waals surface area contributed by atoms with Gasteiger partial charge in [0.2, 0.25) is 0 Å². The van der Waals surface area contributed by atoms with Gasteiger partial charge in [-0.05, 0) is 6.07 Å². The van der Waals surface area contributed by atoms with Crippen LogP contribution in [0.4, 0.5) is 5.69 Å². The van der Waals surface area contributed by atoms with Crippen LogP contribution in [0.25, 0.3) is 22.3 Å². The summed E-state index contributed by atoms with van der Waals surface area (Å²) in [5.41, 5.74) is 9.47. The van der Waals surface area contributed by atoms with Gasteiger partial charge in [-0.1, -0.05) is 30.3 Å². The van der Waals surface area contributed by atoms with Gasteiger partial charge in [0.1, 0.15) is 0 Å². The number of aryl methyl sites for hydroxylation is 1. The van der Waals surface area contributed by atoms with E-state index in [4.69, 9.17) is 5.73 Å². The van der Waals surface area contributed by atoms with Crippen LogP contribution in [0.15, 0.2) is 42.6 Å². The van der Waals surface area contributed by atoms with Crippen molar-refractivity contribution in [2.75, 3.05) is 5.73 Å². The van der Waals surface area contributed by atoms with Gasteiger partial charge in [0.05, 0.1) is 17.3 Å². The third-order valence-corrected chi connectivity index (χ3v) is 2.81. The maximum absolute atomic E-state index is 6.01. The SMILES string of the molecule is Cn1ncc2c(N)cc(-c3ccccc3)nc21. The van der Waals surface area contributed by atoms with E-state index in [0.29, 0.717) is 5.69 Å². The highest BCUT2D eigenvalue weighted by molar-refractivity contribution is 5.90. The van der Waals surface area contributed by atoms with Crippen LogP contribution in [0.1, 0.15) is 0 Å². The van der Waals surface area contributed by atoms with Crippen LogP contribution in [0.2, 0.25) is 0 Å². The van der Waals surface area contributed by atoms with Crippen LogP contribution >= 0.6 is 0 Å². The molecule has 0 aliphatic rings. The maximum atomic E-state index is 6.01. The molecule has 0 radical (unpaired) electrons. The number of nitrogens with two attached hydrogens (primary N) is 1. The Morgan fingerprint density at radius 1 is 1.18 bits per heavy atom. The predicted molar refractivity (Wildman–Crippen MR) is 68.4 cm³/mol. The number of nitrogen functional groups attached to an aromatic ring is 1. The van der Waals surface area contributed by atoms with Crippen LogP contribution < -0.4 is 5.73 Å². The second-order valence-corrected chi connectivity index (χ2v) is 3.97. The zero-order valence-electron chi connectivity index (χ0n) is 9.46. The molecule has 4 heteroatoms. The topological polar surface area (TPSA) is 56.7 Å². The van der Waals surface area contributed by atoms with Gasteiger partial charge in [-0.2, -0.15) is 5.10 Å². The van der Waals surface area contributed by atoms with Gasteiger partial charge >= 0.3 is 0 Å². The Labute approximate surface area is 98.7 Å². The van der Waals surface area contributed by atoms with Gasteiger partial charge in [-0.25, -0.2) is 4.98 Å². The number of anilines is 1. The Kier molecular flexibility index (Phi) is 2.08. The molecule has 0 aliphatic carbocycles. The highest BCUT2D eigenvalue weighted by atomic mass is 15.3. The van der Waals surface area contributed by atoms with Gasteiger partial charge in [0.15, 0.2) is 5.65 Å². The van der Waals surface area contributed by atoms with E-state index in [1.165, 1.54) is 0 Å². The number of pyridine rings is 1. The fourth-order valence-electron chi connectivity index (χ4n) is 1.90. The van der Waals surface area contributed by atoms with E-state index in [9.17, 15) is 0 Å². The quantitative estimate of drug-likeness (QED) is 0.689. The van der Waals surface area contributed by atoms with E-state index in [1.54, 1.807) is 10.9 Å². The first-order valence-corrected chi connectivity index (χ1v) is 5.39. The number of fused-ring (bicyclic) bond motifs is 1. The van der Waals surface area contributed by atoms with E-state index >= 15 is 0 Å². The Morgan fingerprint density at radius 2 is 1.94 bits per heavy atom. The van der Waals surface area contributed by atoms with E-state index < -0.39 is 0 Å². The fraction of sp³-hybridized carbons (Fsp3) is 0.0769. The lowest BCUT2D eigenvalue weighted by Gasteiger charge is -2.04. The van der Waals surface area contributed by atoms with Crippen molar-refractivity contribution in [3.05, 3.63) is 42.6 Å². The molecule has 84 valence electrons. The lowest BCUT2D eigenvalue weighted by molar-refractivity contribution is 0.787. The molecule has 0 saturated carbocycles. The van der Waals surface area contributed by atoms with Crippen molar-refractivity contribution in [1.82, 2.24) is 14.8 Å². The summed E-state index contributed by atoms with van der Waals surface area (Å²) < 4.78 is 1.73. The largest absolute Gasteiger partial charge is 0.398 e. The first kappa shape index (κ1) is 9.84. The van der Waals surface area contributed by atoms with Gasteiger partial charge < -0.3 is 5.73 Å². The Balaban J connectivity index is 2.28. The second kappa shape index (κ2) is 3.59. The second-order valence-electron chi connectivity index (χ2n) is 3.97. The molecular formula is C13H12N4. The highest BCUT2D eigenvalue weighted by Gasteiger charge is 2.08. The summed E-state index contributed by atoms with van der Waals surface area (Å²) in [4.78, 5) is 4.59. The average Bonchev–Trinajstić information content (AvgIpc) is 2.73. The molecule has 0 bridgehead atoms. The number of aromatic nitrogens is 3. The monoisotopic (exact) mass is 224 g/mol. The number of rotatable bonds is 1. The molecule has 0 amide bonds. The number of hydrogen-bond donors (Lipinski definition) is 1. The summed E-state index contributed by atoms with van der Waals surface area (Å²) in [7, 11) is 1.86. The first-order valence-electron chi connectivity index (χ1n) is 5.39. The summed E-state index contributed by atoms with van der Waals surface area (Å²) >= 11 is 0. The zero-order valence-corrected chi connectivity index (χ0v) is 9.46. The third-order valence-electron chi connectivity index (χ3n) is 2.81. The lowest BCUT2D eigenvalue weighted by atomic mass is 10.1. The molecule has 0 fully saturated rings. The van der Waals surface area contributed by atoms with Crippen LogP contribution in [0.5, 0.6) is 0 Å². The minimum Gasteiger partial charge on any atom is -0.398 e. The Morgan fingerprint density at radius 3 is 2.71 bits per heavy atom. The average molecular weight is 224 g/mol. The van der Waals surface area contributed by atoms with E-state index in [2.05, 4.69) is 10.1 Å². The van der Waals surface area contributed by atoms with Crippen molar-refractivity contribution in [2.45, 2.75) is 0 Å². The molecule has 2 heterocycles. The molecule has 0 aliphatic heterocycles. The molecule has 1 aromatic carbocycles. The standard InChI is InChI=1S/C13H12N4/c1-17-13-10(8-15-17)11(14)7-12(16-13)9-5-3-2-4-6-9/h2-8H,1H3,(H2,14,16). The summed E-state index contributed by atoms with van der Waals surface area (Å²) in [6.45, 7) is 0. The van der Waals surface area contributed by atoms with Crippen molar-refractivity contribution in [3.63, 3.8) is 0 Å². The first-order chi connectivity index (χ1) is 8.25. The van der Waals surface area contributed by atoms with Gasteiger partial charge in [-0.3, -0.25) is 4.68 Å². The van der Waals surface area contributed by atoms with Gasteiger partial charge in [0.25, 0.3) is 0 Å². The molecule has 0 unspecified atom stereocenters. The van der Waals surface area contributed by atoms with E-state index in [1.807, 2.05) is 43.4 Å². The van der Waals surface area contributed by atoms with Crippen molar-refractivity contribution < 1.29 is 0 Å². The molecule has 17 heavy (non-hydrogen) atoms. The number of hydrogen-bond acceptors (Lipinski definition) is 3. The minimum absolute atomic E-state index is 0.710. The zero-order chi connectivity index (χ0) is 11.8. The molecule has 3 aromatic rings. The minimum atomic E-state index is 0.710. The summed E-state index contributed by atoms with van der Waals surface area (Å²) in [6, 6.07) is 11.9. The highest BCUT2D eigenvalue weighted by Crippen LogP contribution is 2.25. The number of nitrogens with zero attached hydrogens (tertiary/aromatic N) is 3. The van der Waals surface area contributed by atoms with Crippen molar-refractivity contribution >= 4 is 16.7 Å². The molecule has 2 N–H and O–H groups in total. The summed E-state index contributed by atoms with van der Waals surface area (Å²) in [5, 5.41) is 5.06. The normalized spacial score (nSPS) is 10.9. The van der Waals surface area contributed by atoms with Gasteiger partial charge in [0, 0.05) is 18.3 Å². The van der Waals surface area contributed by atoms with Crippen LogP contribution in [-0.2, 0) is 7.05 Å². The maximum Gasteiger partial charge on any atom is 0.160 e. The Bertz CT molecular complexity index is 670. The lowest BCUT2D eigenvalue weighted by Crippen LogP contribution is -1.95. The molecular weight excluding hydrogens is 212 g/mol. The predicted octanol–water partition coefficient (Wildman–Crippen LogP) is 2.22. The van der Waals surface area contributed by atoms with Crippen molar-refractivity contribution in [2.24, 2.45) is 7.05 Å². The van der Waals surface area contributed by atoms with Crippen molar-refractivity contribution in [3.8, 4) is 11.3 Å². The molecule has 0 atom stereocenters. The fourth-order valence-corrected chi connectivity index (χ4v) is 1.90. The molecule has 3 rings (SSSR count). The summed E-state index contributed by atoms with van der Waals surface area (Å²) in [5.74, 6) is 0. The smallest absolute Gasteiger partial charge is 0.160 e. The molecule has 4 nitrogen and oxygen atoms in total. The third kappa shape index (κ3) is 1.54. The van der Waals surface area contributed by atoms with E-state index in [0.717, 1.165) is 22.3 Å². The summed E-state index contributed by atoms with van der Waals surface area (Å²) in [6.07, 6.45) is 1.74. The van der Waals surface area contributed by atoms with Crippen LogP contribution in [0.3, 0.4) is 0 Å². The molecule has 0 spiro atoms. The number of benzene rings is 1. The van der Waals surface area contributed by atoms with Crippen LogP contribution in [0, 0.1) is 0 Å². The Hall–Kier alpha value is -2.36. The molecule has 0 saturated heterocycles. The van der Waals surface area contributed by atoms with E-state index in [-0.39, 0.29) is 0 Å².